The SMILES string of the molecule is Cc1cc(Cl)ccc1C(=O)Cc1cccc(Cl)c1F. The number of ketones is 1. The second-order valence-corrected chi connectivity index (χ2v) is 5.12. The average Bonchev–Trinajstić information content (AvgIpc) is 2.34. The van der Waals surface area contributed by atoms with Crippen LogP contribution < -0.4 is 0 Å². The van der Waals surface area contributed by atoms with Gasteiger partial charge in [-0.3, -0.25) is 4.79 Å². The highest BCUT2D eigenvalue weighted by Crippen LogP contribution is 2.21. The maximum atomic E-state index is 13.7. The minimum Gasteiger partial charge on any atom is -0.294 e. The van der Waals surface area contributed by atoms with E-state index >= 15 is 0 Å². The second-order valence-electron chi connectivity index (χ2n) is 4.27. The van der Waals surface area contributed by atoms with E-state index in [2.05, 4.69) is 0 Å². The van der Waals surface area contributed by atoms with Gasteiger partial charge in [-0.05, 0) is 42.3 Å². The molecule has 0 heterocycles. The lowest BCUT2D eigenvalue weighted by Gasteiger charge is -2.07. The first-order valence-electron chi connectivity index (χ1n) is 5.71. The van der Waals surface area contributed by atoms with Crippen molar-refractivity contribution in [3.8, 4) is 0 Å². The molecule has 1 nitrogen and oxygen atoms in total. The van der Waals surface area contributed by atoms with E-state index in [-0.39, 0.29) is 17.2 Å². The van der Waals surface area contributed by atoms with Gasteiger partial charge in [-0.25, -0.2) is 4.39 Å². The van der Waals surface area contributed by atoms with Crippen molar-refractivity contribution in [3.63, 3.8) is 0 Å². The van der Waals surface area contributed by atoms with Crippen LogP contribution in [0.15, 0.2) is 36.4 Å². The van der Waals surface area contributed by atoms with Gasteiger partial charge in [0.15, 0.2) is 5.78 Å². The lowest BCUT2D eigenvalue weighted by molar-refractivity contribution is 0.0991. The van der Waals surface area contributed by atoms with Gasteiger partial charge in [-0.15, -0.1) is 0 Å². The van der Waals surface area contributed by atoms with Crippen molar-refractivity contribution >= 4 is 29.0 Å². The standard InChI is InChI=1S/C15H11Cl2FO/c1-9-7-11(16)5-6-12(9)14(19)8-10-3-2-4-13(17)15(10)18/h2-7H,8H2,1H3. The highest BCUT2D eigenvalue weighted by atomic mass is 35.5. The van der Waals surface area contributed by atoms with Crippen molar-refractivity contribution in [1.82, 2.24) is 0 Å². The molecule has 0 saturated carbocycles. The number of carbonyl (C=O) groups is 1. The predicted octanol–water partition coefficient (Wildman–Crippen LogP) is 4.87. The number of benzene rings is 2. The maximum Gasteiger partial charge on any atom is 0.167 e. The first kappa shape index (κ1) is 14.0. The van der Waals surface area contributed by atoms with Gasteiger partial charge in [0.05, 0.1) is 5.02 Å². The summed E-state index contributed by atoms with van der Waals surface area (Å²) in [7, 11) is 0. The summed E-state index contributed by atoms with van der Waals surface area (Å²) in [6, 6.07) is 9.66. The van der Waals surface area contributed by atoms with Gasteiger partial charge in [0.2, 0.25) is 0 Å². The van der Waals surface area contributed by atoms with Crippen LogP contribution in [0.25, 0.3) is 0 Å². The molecule has 0 unspecified atom stereocenters. The van der Waals surface area contributed by atoms with Gasteiger partial charge in [0.25, 0.3) is 0 Å². The van der Waals surface area contributed by atoms with Gasteiger partial charge in [-0.2, -0.15) is 0 Å². The number of carbonyl (C=O) groups excluding carboxylic acids is 1. The van der Waals surface area contributed by atoms with Crippen LogP contribution in [0, 0.1) is 12.7 Å². The Morgan fingerprint density at radius 2 is 1.95 bits per heavy atom. The first-order valence-corrected chi connectivity index (χ1v) is 6.47. The third kappa shape index (κ3) is 3.14. The molecule has 2 aromatic carbocycles. The topological polar surface area (TPSA) is 17.1 Å². The summed E-state index contributed by atoms with van der Waals surface area (Å²) >= 11 is 11.5. The van der Waals surface area contributed by atoms with Crippen LogP contribution in [-0.4, -0.2) is 5.78 Å². The van der Waals surface area contributed by atoms with E-state index in [9.17, 15) is 9.18 Å². The number of aryl methyl sites for hydroxylation is 1. The molecule has 0 aromatic heterocycles. The zero-order valence-electron chi connectivity index (χ0n) is 10.2. The fourth-order valence-corrected chi connectivity index (χ4v) is 2.31. The predicted molar refractivity (Wildman–Crippen MR) is 75.6 cm³/mol. The van der Waals surface area contributed by atoms with Crippen LogP contribution in [0.4, 0.5) is 4.39 Å². The Morgan fingerprint density at radius 1 is 1.21 bits per heavy atom. The Bertz CT molecular complexity index is 638. The molecule has 0 bridgehead atoms. The Morgan fingerprint density at radius 3 is 2.63 bits per heavy atom. The summed E-state index contributed by atoms with van der Waals surface area (Å²) in [5.41, 5.74) is 1.62. The summed E-state index contributed by atoms with van der Waals surface area (Å²) in [6.07, 6.45) is -0.0190. The smallest absolute Gasteiger partial charge is 0.167 e. The Labute approximate surface area is 121 Å². The van der Waals surface area contributed by atoms with Crippen LogP contribution in [0.1, 0.15) is 21.5 Å². The van der Waals surface area contributed by atoms with Crippen LogP contribution in [0.5, 0.6) is 0 Å². The van der Waals surface area contributed by atoms with Crippen LogP contribution in [0.2, 0.25) is 10.0 Å². The molecule has 2 aromatic rings. The number of Topliss-reactive ketones (excluding diaryl/α,β-unsaturated/α-hetero) is 1. The van der Waals surface area contributed by atoms with Crippen molar-refractivity contribution in [2.75, 3.05) is 0 Å². The maximum absolute atomic E-state index is 13.7. The minimum atomic E-state index is -0.538. The Hall–Kier alpha value is -1.38. The number of hydrogen-bond donors (Lipinski definition) is 0. The molecule has 0 fully saturated rings. The van der Waals surface area contributed by atoms with Gasteiger partial charge >= 0.3 is 0 Å². The molecule has 2 rings (SSSR count). The largest absolute Gasteiger partial charge is 0.294 e. The highest BCUT2D eigenvalue weighted by molar-refractivity contribution is 6.31. The van der Waals surface area contributed by atoms with Crippen LogP contribution >= 0.6 is 23.2 Å². The van der Waals surface area contributed by atoms with Gasteiger partial charge in [0.1, 0.15) is 5.82 Å². The molecular weight excluding hydrogens is 286 g/mol. The number of rotatable bonds is 3. The summed E-state index contributed by atoms with van der Waals surface area (Å²) in [4.78, 5) is 12.2. The zero-order chi connectivity index (χ0) is 14.0. The van der Waals surface area contributed by atoms with Gasteiger partial charge in [0, 0.05) is 17.0 Å². The van der Waals surface area contributed by atoms with E-state index in [0.29, 0.717) is 16.1 Å². The van der Waals surface area contributed by atoms with E-state index in [1.165, 1.54) is 6.07 Å². The van der Waals surface area contributed by atoms with Crippen molar-refractivity contribution in [2.24, 2.45) is 0 Å². The second kappa shape index (κ2) is 5.72. The Balaban J connectivity index is 2.28. The molecule has 0 aliphatic heterocycles. The molecule has 0 N–H and O–H groups in total. The molecule has 0 atom stereocenters. The molecule has 4 heteroatoms. The number of hydrogen-bond acceptors (Lipinski definition) is 1. The number of halogens is 3. The normalized spacial score (nSPS) is 10.5. The third-order valence-corrected chi connectivity index (χ3v) is 3.40. The monoisotopic (exact) mass is 296 g/mol. The quantitative estimate of drug-likeness (QED) is 0.739. The molecule has 0 radical (unpaired) electrons. The fraction of sp³-hybridized carbons (Fsp3) is 0.133. The zero-order valence-corrected chi connectivity index (χ0v) is 11.7. The molecule has 0 amide bonds. The van der Waals surface area contributed by atoms with Gasteiger partial charge in [-0.1, -0.05) is 35.3 Å². The average molecular weight is 297 g/mol. The summed E-state index contributed by atoms with van der Waals surface area (Å²) in [5.74, 6) is -0.695. The molecule has 98 valence electrons. The fourth-order valence-electron chi connectivity index (χ4n) is 1.89. The van der Waals surface area contributed by atoms with Crippen molar-refractivity contribution < 1.29 is 9.18 Å². The lowest BCUT2D eigenvalue weighted by atomic mass is 9.99. The Kier molecular flexibility index (Phi) is 4.23. The van der Waals surface area contributed by atoms with Gasteiger partial charge < -0.3 is 0 Å². The molecule has 0 spiro atoms. The van der Waals surface area contributed by atoms with E-state index in [1.807, 2.05) is 0 Å². The first-order chi connectivity index (χ1) is 8.99. The minimum absolute atomic E-state index is 0.0190. The van der Waals surface area contributed by atoms with E-state index in [0.717, 1.165) is 5.56 Å². The molecule has 0 saturated heterocycles. The molecular formula is C15H11Cl2FO. The van der Waals surface area contributed by atoms with E-state index in [1.54, 1.807) is 37.3 Å². The molecule has 0 aliphatic carbocycles. The van der Waals surface area contributed by atoms with Crippen LogP contribution in [-0.2, 0) is 6.42 Å². The summed E-state index contributed by atoms with van der Waals surface area (Å²) in [5, 5.41) is 0.598. The van der Waals surface area contributed by atoms with Crippen molar-refractivity contribution in [2.45, 2.75) is 13.3 Å². The van der Waals surface area contributed by atoms with Crippen molar-refractivity contribution in [1.29, 1.82) is 0 Å². The van der Waals surface area contributed by atoms with Crippen LogP contribution in [0.3, 0.4) is 0 Å². The molecule has 0 aliphatic rings. The lowest BCUT2D eigenvalue weighted by Crippen LogP contribution is -2.07. The highest BCUT2D eigenvalue weighted by Gasteiger charge is 2.14. The van der Waals surface area contributed by atoms with E-state index < -0.39 is 5.82 Å². The summed E-state index contributed by atoms with van der Waals surface area (Å²) in [6.45, 7) is 1.80. The third-order valence-electron chi connectivity index (χ3n) is 2.87. The van der Waals surface area contributed by atoms with Crippen molar-refractivity contribution in [3.05, 3.63) is 69.0 Å². The van der Waals surface area contributed by atoms with E-state index in [4.69, 9.17) is 23.2 Å². The summed E-state index contributed by atoms with van der Waals surface area (Å²) < 4.78 is 13.7. The molecule has 19 heavy (non-hydrogen) atoms.